The number of benzene rings is 2. The van der Waals surface area contributed by atoms with Gasteiger partial charge in [-0.25, -0.2) is 0 Å². The maximum Gasteiger partial charge on any atom is 0.229 e. The van der Waals surface area contributed by atoms with E-state index in [-0.39, 0.29) is 18.6 Å². The number of halogens is 2. The quantitative estimate of drug-likeness (QED) is 0.551. The third-order valence-corrected chi connectivity index (χ3v) is 6.67. The molecule has 1 unspecified atom stereocenters. The fourth-order valence-corrected chi connectivity index (χ4v) is 5.22. The summed E-state index contributed by atoms with van der Waals surface area (Å²) in [5.41, 5.74) is 3.31. The lowest BCUT2D eigenvalue weighted by molar-refractivity contribution is -0.144. The molecule has 2 atom stereocenters. The molecule has 1 amide bonds. The fraction of sp³-hybridized carbons (Fsp3) is 0.375. The maximum atomic E-state index is 13.1. The molecule has 0 radical (unpaired) electrons. The van der Waals surface area contributed by atoms with E-state index < -0.39 is 5.92 Å². The highest BCUT2D eigenvalue weighted by Crippen LogP contribution is 2.27. The highest BCUT2D eigenvalue weighted by atomic mass is 35.5. The van der Waals surface area contributed by atoms with E-state index in [1.54, 1.807) is 6.07 Å². The molecule has 164 valence electrons. The number of carbonyl (C=O) groups excluding carboxylic acids is 1. The lowest BCUT2D eigenvalue weighted by Gasteiger charge is -2.41. The van der Waals surface area contributed by atoms with Crippen molar-refractivity contribution in [2.75, 3.05) is 26.7 Å². The third-order valence-electron chi connectivity index (χ3n) is 6.23. The van der Waals surface area contributed by atoms with Crippen LogP contribution in [0.25, 0.3) is 10.9 Å². The van der Waals surface area contributed by atoms with Crippen LogP contribution in [-0.4, -0.2) is 58.6 Å². The first kappa shape index (κ1) is 22.2. The van der Waals surface area contributed by atoms with Crippen molar-refractivity contribution < 1.29 is 9.90 Å². The molecule has 2 N–H and O–H groups in total. The molecule has 1 fully saturated rings. The number of nitrogens with zero attached hydrogens (tertiary/aromatic N) is 2. The van der Waals surface area contributed by atoms with Crippen LogP contribution in [0.1, 0.15) is 17.5 Å². The number of aromatic amines is 1. The van der Waals surface area contributed by atoms with Crippen molar-refractivity contribution in [3.05, 3.63) is 69.8 Å². The van der Waals surface area contributed by atoms with Gasteiger partial charge in [0.25, 0.3) is 0 Å². The molecule has 0 aliphatic carbocycles. The van der Waals surface area contributed by atoms with Crippen LogP contribution in [0.5, 0.6) is 0 Å². The number of hydrogen-bond donors (Lipinski definition) is 2. The molecule has 2 heterocycles. The van der Waals surface area contributed by atoms with E-state index in [1.165, 1.54) is 10.9 Å². The van der Waals surface area contributed by atoms with E-state index in [4.69, 9.17) is 23.2 Å². The molecule has 1 aliphatic rings. The Bertz CT molecular complexity index is 1050. The van der Waals surface area contributed by atoms with Crippen molar-refractivity contribution in [1.82, 2.24) is 14.8 Å². The summed E-state index contributed by atoms with van der Waals surface area (Å²) in [6, 6.07) is 13.6. The standard InChI is InChI=1S/C24H27Cl2N3O2/c1-28(14-16-10-18(25)12-19(26)11-16)23-7-9-29(24(31)21(23)15-30)8-6-17-13-27-22-5-3-2-4-20(17)22/h2-5,10-13,21,23,27,30H,6-9,14-15H2,1H3/t21?,23-/m0/s1. The minimum Gasteiger partial charge on any atom is -0.395 e. The molecule has 0 spiro atoms. The number of H-pyrrole nitrogens is 1. The molecule has 1 aliphatic heterocycles. The second-order valence-electron chi connectivity index (χ2n) is 8.27. The van der Waals surface area contributed by atoms with Crippen molar-refractivity contribution >= 4 is 40.0 Å². The summed E-state index contributed by atoms with van der Waals surface area (Å²) in [6.45, 7) is 1.79. The molecule has 4 rings (SSSR count). The van der Waals surface area contributed by atoms with Gasteiger partial charge in [0, 0.05) is 52.8 Å². The number of fused-ring (bicyclic) bond motifs is 1. The van der Waals surface area contributed by atoms with Gasteiger partial charge in [0.15, 0.2) is 0 Å². The van der Waals surface area contributed by atoms with Crippen LogP contribution >= 0.6 is 23.2 Å². The number of para-hydroxylation sites is 1. The lowest BCUT2D eigenvalue weighted by atomic mass is 9.90. The number of rotatable bonds is 7. The Balaban J connectivity index is 1.40. The first-order chi connectivity index (χ1) is 15.0. The molecule has 2 aromatic carbocycles. The lowest BCUT2D eigenvalue weighted by Crippen LogP contribution is -2.54. The number of hydrogen-bond acceptors (Lipinski definition) is 3. The third kappa shape index (κ3) is 4.90. The van der Waals surface area contributed by atoms with E-state index >= 15 is 0 Å². The Hall–Kier alpha value is -2.05. The van der Waals surface area contributed by atoms with Crippen LogP contribution in [0.4, 0.5) is 0 Å². The maximum absolute atomic E-state index is 13.1. The summed E-state index contributed by atoms with van der Waals surface area (Å²) in [6.07, 6.45) is 3.63. The zero-order valence-corrected chi connectivity index (χ0v) is 19.0. The van der Waals surface area contributed by atoms with Crippen LogP contribution in [0.15, 0.2) is 48.7 Å². The zero-order chi connectivity index (χ0) is 22.0. The summed E-state index contributed by atoms with van der Waals surface area (Å²) in [4.78, 5) is 20.5. The topological polar surface area (TPSA) is 59.6 Å². The Labute approximate surface area is 192 Å². The molecule has 7 heteroatoms. The fourth-order valence-electron chi connectivity index (χ4n) is 4.65. The first-order valence-corrected chi connectivity index (χ1v) is 11.3. The van der Waals surface area contributed by atoms with Gasteiger partial charge >= 0.3 is 0 Å². The smallest absolute Gasteiger partial charge is 0.229 e. The first-order valence-electron chi connectivity index (χ1n) is 10.6. The van der Waals surface area contributed by atoms with Gasteiger partial charge < -0.3 is 15.0 Å². The SMILES string of the molecule is CN(Cc1cc(Cl)cc(Cl)c1)[C@H]1CCN(CCc2c[nH]c3ccccc23)C(=O)C1CO. The Morgan fingerprint density at radius 2 is 1.94 bits per heavy atom. The van der Waals surface area contributed by atoms with E-state index in [1.807, 2.05) is 42.4 Å². The summed E-state index contributed by atoms with van der Waals surface area (Å²) in [5, 5.41) is 12.4. The molecular formula is C24H27Cl2N3O2. The second-order valence-corrected chi connectivity index (χ2v) is 9.15. The van der Waals surface area contributed by atoms with Gasteiger partial charge in [-0.3, -0.25) is 9.69 Å². The molecule has 1 aromatic heterocycles. The van der Waals surface area contributed by atoms with Crippen molar-refractivity contribution in [2.45, 2.75) is 25.4 Å². The highest BCUT2D eigenvalue weighted by molar-refractivity contribution is 6.34. The van der Waals surface area contributed by atoms with Gasteiger partial charge in [0.1, 0.15) is 0 Å². The highest BCUT2D eigenvalue weighted by Gasteiger charge is 2.38. The van der Waals surface area contributed by atoms with E-state index in [0.717, 1.165) is 23.9 Å². The van der Waals surface area contributed by atoms with E-state index in [0.29, 0.717) is 29.7 Å². The van der Waals surface area contributed by atoms with Gasteiger partial charge in [-0.05, 0) is 55.3 Å². The number of piperidine rings is 1. The monoisotopic (exact) mass is 459 g/mol. The van der Waals surface area contributed by atoms with Gasteiger partial charge in [-0.1, -0.05) is 41.4 Å². The number of aliphatic hydroxyl groups excluding tert-OH is 1. The van der Waals surface area contributed by atoms with Crippen molar-refractivity contribution in [3.63, 3.8) is 0 Å². The number of nitrogens with one attached hydrogen (secondary N) is 1. The summed E-state index contributed by atoms with van der Waals surface area (Å²) in [5.74, 6) is -0.411. The molecule has 0 bridgehead atoms. The molecule has 0 saturated carbocycles. The van der Waals surface area contributed by atoms with E-state index in [9.17, 15) is 9.90 Å². The number of aliphatic hydroxyl groups is 1. The minimum absolute atomic E-state index is 0.0227. The Kier molecular flexibility index (Phi) is 6.87. The predicted molar refractivity (Wildman–Crippen MR) is 125 cm³/mol. The Morgan fingerprint density at radius 3 is 2.68 bits per heavy atom. The molecule has 31 heavy (non-hydrogen) atoms. The summed E-state index contributed by atoms with van der Waals surface area (Å²) >= 11 is 12.3. The average molecular weight is 460 g/mol. The largest absolute Gasteiger partial charge is 0.395 e. The molecular weight excluding hydrogens is 433 g/mol. The van der Waals surface area contributed by atoms with Crippen LogP contribution in [0, 0.1) is 5.92 Å². The molecule has 1 saturated heterocycles. The average Bonchev–Trinajstić information content (AvgIpc) is 3.15. The van der Waals surface area contributed by atoms with Crippen molar-refractivity contribution in [1.29, 1.82) is 0 Å². The van der Waals surface area contributed by atoms with Gasteiger partial charge in [-0.15, -0.1) is 0 Å². The van der Waals surface area contributed by atoms with Crippen LogP contribution in [-0.2, 0) is 17.8 Å². The molecule has 5 nitrogen and oxygen atoms in total. The number of carbonyl (C=O) groups is 1. The zero-order valence-electron chi connectivity index (χ0n) is 17.5. The number of aromatic nitrogens is 1. The normalized spacial score (nSPS) is 19.5. The van der Waals surface area contributed by atoms with Gasteiger partial charge in [0.2, 0.25) is 5.91 Å². The van der Waals surface area contributed by atoms with Crippen LogP contribution in [0.2, 0.25) is 10.0 Å². The van der Waals surface area contributed by atoms with Crippen LogP contribution < -0.4 is 0 Å². The van der Waals surface area contributed by atoms with Gasteiger partial charge in [0.05, 0.1) is 12.5 Å². The second kappa shape index (κ2) is 9.61. The summed E-state index contributed by atoms with van der Waals surface area (Å²) in [7, 11) is 1.98. The van der Waals surface area contributed by atoms with Crippen molar-refractivity contribution in [3.8, 4) is 0 Å². The Morgan fingerprint density at radius 1 is 1.19 bits per heavy atom. The van der Waals surface area contributed by atoms with E-state index in [2.05, 4.69) is 22.0 Å². The number of likely N-dealkylation sites (tertiary alicyclic amines) is 1. The number of amides is 1. The minimum atomic E-state index is -0.434. The van der Waals surface area contributed by atoms with Crippen LogP contribution in [0.3, 0.4) is 0 Å². The predicted octanol–water partition coefficient (Wildman–Crippen LogP) is 4.36. The van der Waals surface area contributed by atoms with Crippen molar-refractivity contribution in [2.24, 2.45) is 5.92 Å². The molecule has 3 aromatic rings. The van der Waals surface area contributed by atoms with Gasteiger partial charge in [-0.2, -0.15) is 0 Å². The summed E-state index contributed by atoms with van der Waals surface area (Å²) < 4.78 is 0.